The molecule has 0 spiro atoms. The normalized spacial score (nSPS) is 23.7. The molecule has 2 rings (SSSR count). The molecule has 1 unspecified atom stereocenters. The average Bonchev–Trinajstić information content (AvgIpc) is 2.72. The van der Waals surface area contributed by atoms with E-state index in [1.54, 1.807) is 0 Å². The fraction of sp³-hybridized carbons (Fsp3) is 0.500. The summed E-state index contributed by atoms with van der Waals surface area (Å²) < 4.78 is 1.13. The molecule has 4 nitrogen and oxygen atoms in total. The van der Waals surface area contributed by atoms with Crippen LogP contribution in [0.2, 0.25) is 0 Å². The SMILES string of the molecule is CC1(NCC(=O)O)CCN(Cc2ccccc2Br)C1. The van der Waals surface area contributed by atoms with E-state index >= 15 is 0 Å². The summed E-state index contributed by atoms with van der Waals surface area (Å²) in [6.07, 6.45) is 0.977. The van der Waals surface area contributed by atoms with Gasteiger partial charge in [-0.15, -0.1) is 0 Å². The molecule has 1 aromatic carbocycles. The highest BCUT2D eigenvalue weighted by molar-refractivity contribution is 9.10. The van der Waals surface area contributed by atoms with Crippen LogP contribution in [0.25, 0.3) is 0 Å². The first-order valence-electron chi connectivity index (χ1n) is 6.41. The summed E-state index contributed by atoms with van der Waals surface area (Å²) in [6, 6.07) is 8.21. The van der Waals surface area contributed by atoms with Gasteiger partial charge in [-0.1, -0.05) is 34.1 Å². The van der Waals surface area contributed by atoms with Gasteiger partial charge in [0.05, 0.1) is 6.54 Å². The zero-order chi connectivity index (χ0) is 13.9. The summed E-state index contributed by atoms with van der Waals surface area (Å²) in [4.78, 5) is 13.0. The number of rotatable bonds is 5. The van der Waals surface area contributed by atoms with Crippen molar-refractivity contribution >= 4 is 21.9 Å². The van der Waals surface area contributed by atoms with E-state index < -0.39 is 5.97 Å². The van der Waals surface area contributed by atoms with Gasteiger partial charge in [-0.3, -0.25) is 9.69 Å². The van der Waals surface area contributed by atoms with Gasteiger partial charge in [-0.05, 0) is 25.0 Å². The number of carbonyl (C=O) groups is 1. The van der Waals surface area contributed by atoms with Crippen LogP contribution in [0.4, 0.5) is 0 Å². The highest BCUT2D eigenvalue weighted by Crippen LogP contribution is 2.24. The van der Waals surface area contributed by atoms with E-state index in [0.29, 0.717) is 0 Å². The van der Waals surface area contributed by atoms with Crippen molar-refractivity contribution < 1.29 is 9.90 Å². The molecule has 0 aromatic heterocycles. The van der Waals surface area contributed by atoms with E-state index in [4.69, 9.17) is 5.11 Å². The lowest BCUT2D eigenvalue weighted by Crippen LogP contribution is -2.46. The molecule has 104 valence electrons. The molecule has 1 aliphatic heterocycles. The molecule has 1 fully saturated rings. The van der Waals surface area contributed by atoms with Crippen molar-refractivity contribution in [3.63, 3.8) is 0 Å². The van der Waals surface area contributed by atoms with Crippen LogP contribution in [-0.4, -0.2) is 41.1 Å². The highest BCUT2D eigenvalue weighted by Gasteiger charge is 2.33. The number of hydrogen-bond acceptors (Lipinski definition) is 3. The molecule has 0 aliphatic carbocycles. The maximum absolute atomic E-state index is 10.6. The molecule has 0 amide bonds. The van der Waals surface area contributed by atoms with Gasteiger partial charge in [0.2, 0.25) is 0 Å². The second kappa shape index (κ2) is 6.03. The standard InChI is InChI=1S/C14H19BrN2O2/c1-14(16-8-13(18)19)6-7-17(10-14)9-11-4-2-3-5-12(11)15/h2-5,16H,6-10H2,1H3,(H,18,19). The molecule has 1 aliphatic rings. The largest absolute Gasteiger partial charge is 0.480 e. The maximum atomic E-state index is 10.6. The number of carboxylic acids is 1. The van der Waals surface area contributed by atoms with Crippen molar-refractivity contribution in [1.29, 1.82) is 0 Å². The van der Waals surface area contributed by atoms with Crippen molar-refractivity contribution in [3.8, 4) is 0 Å². The van der Waals surface area contributed by atoms with Crippen molar-refractivity contribution in [2.24, 2.45) is 0 Å². The first kappa shape index (κ1) is 14.5. The van der Waals surface area contributed by atoms with Crippen LogP contribution < -0.4 is 5.32 Å². The summed E-state index contributed by atoms with van der Waals surface area (Å²) in [7, 11) is 0. The predicted molar refractivity (Wildman–Crippen MR) is 78.1 cm³/mol. The molecule has 19 heavy (non-hydrogen) atoms. The van der Waals surface area contributed by atoms with Crippen LogP contribution in [0.5, 0.6) is 0 Å². The second-order valence-electron chi connectivity index (χ2n) is 5.36. The minimum absolute atomic E-state index is 0.0272. The number of nitrogens with zero attached hydrogens (tertiary/aromatic N) is 1. The molecular formula is C14H19BrN2O2. The first-order valence-corrected chi connectivity index (χ1v) is 7.20. The Morgan fingerprint density at radius 3 is 2.95 bits per heavy atom. The molecule has 2 N–H and O–H groups in total. The summed E-state index contributed by atoms with van der Waals surface area (Å²) in [5, 5.41) is 11.9. The zero-order valence-electron chi connectivity index (χ0n) is 11.0. The van der Waals surface area contributed by atoms with Crippen LogP contribution >= 0.6 is 15.9 Å². The third-order valence-electron chi connectivity index (χ3n) is 3.57. The van der Waals surface area contributed by atoms with Crippen LogP contribution in [0.15, 0.2) is 28.7 Å². The Morgan fingerprint density at radius 1 is 1.53 bits per heavy atom. The van der Waals surface area contributed by atoms with Gasteiger partial charge in [0.15, 0.2) is 0 Å². The van der Waals surface area contributed by atoms with Crippen molar-refractivity contribution in [1.82, 2.24) is 10.2 Å². The number of benzene rings is 1. The Labute approximate surface area is 121 Å². The van der Waals surface area contributed by atoms with Gasteiger partial charge < -0.3 is 10.4 Å². The smallest absolute Gasteiger partial charge is 0.317 e. The summed E-state index contributed by atoms with van der Waals surface area (Å²) in [6.45, 7) is 4.88. The maximum Gasteiger partial charge on any atom is 0.317 e. The molecule has 1 saturated heterocycles. The molecule has 0 bridgehead atoms. The van der Waals surface area contributed by atoms with Gasteiger partial charge in [-0.2, -0.15) is 0 Å². The van der Waals surface area contributed by atoms with Gasteiger partial charge in [0.1, 0.15) is 0 Å². The predicted octanol–water partition coefficient (Wildman–Crippen LogP) is 2.09. The molecule has 1 atom stereocenters. The number of nitrogens with one attached hydrogen (secondary N) is 1. The lowest BCUT2D eigenvalue weighted by atomic mass is 10.0. The Hall–Kier alpha value is -0.910. The number of likely N-dealkylation sites (tertiary alicyclic amines) is 1. The molecule has 0 radical (unpaired) electrons. The fourth-order valence-electron chi connectivity index (χ4n) is 2.49. The van der Waals surface area contributed by atoms with E-state index in [2.05, 4.69) is 39.1 Å². The third kappa shape index (κ3) is 4.03. The third-order valence-corrected chi connectivity index (χ3v) is 4.34. The van der Waals surface area contributed by atoms with Crippen LogP contribution in [-0.2, 0) is 11.3 Å². The molecule has 1 heterocycles. The summed E-state index contributed by atoms with van der Waals surface area (Å²) in [5.74, 6) is -0.800. The second-order valence-corrected chi connectivity index (χ2v) is 6.21. The summed E-state index contributed by atoms with van der Waals surface area (Å²) in [5.41, 5.74) is 1.17. The molecule has 5 heteroatoms. The zero-order valence-corrected chi connectivity index (χ0v) is 12.6. The van der Waals surface area contributed by atoms with E-state index in [1.165, 1.54) is 5.56 Å². The average molecular weight is 327 g/mol. The Balaban J connectivity index is 1.91. The van der Waals surface area contributed by atoms with E-state index in [1.807, 2.05) is 18.2 Å². The Morgan fingerprint density at radius 2 is 2.26 bits per heavy atom. The molecular weight excluding hydrogens is 308 g/mol. The number of halogens is 1. The number of aliphatic carboxylic acids is 1. The van der Waals surface area contributed by atoms with Crippen LogP contribution in [0.1, 0.15) is 18.9 Å². The lowest BCUT2D eigenvalue weighted by Gasteiger charge is -2.25. The fourth-order valence-corrected chi connectivity index (χ4v) is 2.90. The van der Waals surface area contributed by atoms with Crippen molar-refractivity contribution in [2.45, 2.75) is 25.4 Å². The van der Waals surface area contributed by atoms with Crippen molar-refractivity contribution in [2.75, 3.05) is 19.6 Å². The molecule has 0 saturated carbocycles. The minimum Gasteiger partial charge on any atom is -0.480 e. The van der Waals surface area contributed by atoms with Gasteiger partial charge >= 0.3 is 5.97 Å². The quantitative estimate of drug-likeness (QED) is 0.870. The number of carboxylic acid groups (broad SMARTS) is 1. The minimum atomic E-state index is -0.800. The molecule has 1 aromatic rings. The van der Waals surface area contributed by atoms with Gasteiger partial charge in [-0.25, -0.2) is 0 Å². The van der Waals surface area contributed by atoms with Crippen LogP contribution in [0, 0.1) is 0 Å². The number of hydrogen-bond donors (Lipinski definition) is 2. The summed E-state index contributed by atoms with van der Waals surface area (Å²) >= 11 is 3.56. The topological polar surface area (TPSA) is 52.6 Å². The van der Waals surface area contributed by atoms with Gasteiger partial charge in [0.25, 0.3) is 0 Å². The van der Waals surface area contributed by atoms with Crippen molar-refractivity contribution in [3.05, 3.63) is 34.3 Å². The van der Waals surface area contributed by atoms with E-state index in [0.717, 1.165) is 30.5 Å². The van der Waals surface area contributed by atoms with E-state index in [-0.39, 0.29) is 12.1 Å². The first-order chi connectivity index (χ1) is 8.98. The van der Waals surface area contributed by atoms with E-state index in [9.17, 15) is 4.79 Å². The Kier molecular flexibility index (Phi) is 4.60. The van der Waals surface area contributed by atoms with Crippen LogP contribution in [0.3, 0.4) is 0 Å². The highest BCUT2D eigenvalue weighted by atomic mass is 79.9. The Bertz CT molecular complexity index is 467. The van der Waals surface area contributed by atoms with Gasteiger partial charge in [0, 0.05) is 29.6 Å². The lowest BCUT2D eigenvalue weighted by molar-refractivity contribution is -0.136. The monoisotopic (exact) mass is 326 g/mol.